The zero-order valence-corrected chi connectivity index (χ0v) is 13.3. The fourth-order valence-electron chi connectivity index (χ4n) is 2.46. The van der Waals surface area contributed by atoms with E-state index < -0.39 is 27.9 Å². The van der Waals surface area contributed by atoms with Crippen molar-refractivity contribution in [3.8, 4) is 0 Å². The number of hydrogen-bond donors (Lipinski definition) is 2. The van der Waals surface area contributed by atoms with Crippen LogP contribution in [0.5, 0.6) is 0 Å². The number of likely N-dealkylation sites (tertiary alicyclic amines) is 1. The van der Waals surface area contributed by atoms with Crippen LogP contribution in [0.3, 0.4) is 0 Å². The van der Waals surface area contributed by atoms with E-state index in [2.05, 4.69) is 11.3 Å². The number of aliphatic carboxylic acids is 1. The lowest BCUT2D eigenvalue weighted by atomic mass is 10.1. The quantitative estimate of drug-likeness (QED) is 0.748. The molecule has 1 aromatic carbocycles. The normalized spacial score (nSPS) is 17.9. The number of carbonyl (C=O) groups is 2. The van der Waals surface area contributed by atoms with Gasteiger partial charge in [0.05, 0.1) is 4.90 Å². The summed E-state index contributed by atoms with van der Waals surface area (Å²) in [6.45, 7) is 3.93. The third-order valence-corrected chi connectivity index (χ3v) is 5.07. The zero-order chi connectivity index (χ0) is 17.0. The Morgan fingerprint density at radius 3 is 2.57 bits per heavy atom. The van der Waals surface area contributed by atoms with Gasteiger partial charge in [-0.15, -0.1) is 6.58 Å². The highest BCUT2D eigenvalue weighted by Crippen LogP contribution is 2.21. The van der Waals surface area contributed by atoms with Crippen molar-refractivity contribution in [3.63, 3.8) is 0 Å². The first-order valence-corrected chi connectivity index (χ1v) is 8.59. The van der Waals surface area contributed by atoms with Crippen molar-refractivity contribution in [2.24, 2.45) is 0 Å². The van der Waals surface area contributed by atoms with Gasteiger partial charge in [-0.2, -0.15) is 0 Å². The molecule has 2 N–H and O–H groups in total. The minimum atomic E-state index is -3.65. The Hall–Kier alpha value is -2.19. The molecule has 0 saturated carbocycles. The molecule has 0 aliphatic carbocycles. The van der Waals surface area contributed by atoms with E-state index in [1.807, 2.05) is 0 Å². The number of hydrogen-bond acceptors (Lipinski definition) is 4. The third-order valence-electron chi connectivity index (χ3n) is 3.63. The van der Waals surface area contributed by atoms with Gasteiger partial charge in [-0.05, 0) is 37.1 Å². The summed E-state index contributed by atoms with van der Waals surface area (Å²) in [5.41, 5.74) is 0.265. The van der Waals surface area contributed by atoms with Crippen LogP contribution in [-0.2, 0) is 14.8 Å². The van der Waals surface area contributed by atoms with Gasteiger partial charge in [-0.3, -0.25) is 4.79 Å². The highest BCUT2D eigenvalue weighted by Gasteiger charge is 2.34. The van der Waals surface area contributed by atoms with Crippen LogP contribution in [0, 0.1) is 0 Å². The summed E-state index contributed by atoms with van der Waals surface area (Å²) in [4.78, 5) is 24.9. The van der Waals surface area contributed by atoms with E-state index in [9.17, 15) is 18.0 Å². The minimum absolute atomic E-state index is 0.0344. The fraction of sp³-hybridized carbons (Fsp3) is 0.333. The number of nitrogens with zero attached hydrogens (tertiary/aromatic N) is 1. The molecule has 1 heterocycles. The van der Waals surface area contributed by atoms with Gasteiger partial charge in [-0.1, -0.05) is 6.08 Å². The highest BCUT2D eigenvalue weighted by molar-refractivity contribution is 7.89. The van der Waals surface area contributed by atoms with E-state index >= 15 is 0 Å². The van der Waals surface area contributed by atoms with Crippen molar-refractivity contribution < 1.29 is 23.1 Å². The van der Waals surface area contributed by atoms with Crippen LogP contribution in [0.25, 0.3) is 0 Å². The van der Waals surface area contributed by atoms with Crippen molar-refractivity contribution in [2.45, 2.75) is 23.8 Å². The molecule has 1 aliphatic heterocycles. The fourth-order valence-corrected chi connectivity index (χ4v) is 3.46. The van der Waals surface area contributed by atoms with Gasteiger partial charge in [-0.25, -0.2) is 17.9 Å². The van der Waals surface area contributed by atoms with Gasteiger partial charge >= 0.3 is 5.97 Å². The number of rotatable bonds is 6. The van der Waals surface area contributed by atoms with E-state index in [0.717, 1.165) is 0 Å². The molecule has 8 heteroatoms. The topological polar surface area (TPSA) is 104 Å². The highest BCUT2D eigenvalue weighted by atomic mass is 32.2. The van der Waals surface area contributed by atoms with Gasteiger partial charge in [0.2, 0.25) is 10.0 Å². The summed E-state index contributed by atoms with van der Waals surface area (Å²) in [5, 5.41) is 9.12. The van der Waals surface area contributed by atoms with Crippen molar-refractivity contribution in [2.75, 3.05) is 13.1 Å². The van der Waals surface area contributed by atoms with Gasteiger partial charge in [0.15, 0.2) is 0 Å². The maximum absolute atomic E-state index is 12.4. The first-order chi connectivity index (χ1) is 10.9. The van der Waals surface area contributed by atoms with E-state index in [4.69, 9.17) is 5.11 Å². The lowest BCUT2D eigenvalue weighted by Gasteiger charge is -2.21. The Morgan fingerprint density at radius 2 is 2.00 bits per heavy atom. The van der Waals surface area contributed by atoms with E-state index in [0.29, 0.717) is 19.4 Å². The van der Waals surface area contributed by atoms with Crippen molar-refractivity contribution in [1.29, 1.82) is 0 Å². The maximum atomic E-state index is 12.4. The van der Waals surface area contributed by atoms with Crippen LogP contribution in [0.15, 0.2) is 41.8 Å². The molecule has 1 aromatic rings. The summed E-state index contributed by atoms with van der Waals surface area (Å²) in [6, 6.07) is 4.61. The maximum Gasteiger partial charge on any atom is 0.326 e. The van der Waals surface area contributed by atoms with Crippen LogP contribution in [0.4, 0.5) is 0 Å². The number of nitrogens with one attached hydrogen (secondary N) is 1. The zero-order valence-electron chi connectivity index (χ0n) is 12.4. The molecule has 1 aliphatic rings. The van der Waals surface area contributed by atoms with Gasteiger partial charge in [0.25, 0.3) is 5.91 Å². The number of amides is 1. The first kappa shape index (κ1) is 17.2. The molecule has 0 aromatic heterocycles. The second-order valence-corrected chi connectivity index (χ2v) is 6.93. The molecule has 1 fully saturated rings. The molecule has 1 unspecified atom stereocenters. The number of carboxylic acid groups (broad SMARTS) is 1. The summed E-state index contributed by atoms with van der Waals surface area (Å²) in [6.07, 6.45) is 2.49. The Balaban J connectivity index is 2.18. The second-order valence-electron chi connectivity index (χ2n) is 5.16. The van der Waals surface area contributed by atoms with Crippen LogP contribution >= 0.6 is 0 Å². The standard InChI is InChI=1S/C15H18N2O5S/c1-2-9-16-23(21,22)12-7-5-11(6-8-12)14(18)17-10-3-4-13(17)15(19)20/h2,5-8,13,16H,1,3-4,9-10H2,(H,19,20). The van der Waals surface area contributed by atoms with Gasteiger partial charge < -0.3 is 10.0 Å². The van der Waals surface area contributed by atoms with Gasteiger partial charge in [0.1, 0.15) is 6.04 Å². The van der Waals surface area contributed by atoms with Gasteiger partial charge in [0, 0.05) is 18.7 Å². The van der Waals surface area contributed by atoms with Crippen LogP contribution < -0.4 is 4.72 Å². The molecular formula is C15H18N2O5S. The number of carbonyl (C=O) groups excluding carboxylic acids is 1. The van der Waals surface area contributed by atoms with E-state index in [1.165, 1.54) is 35.2 Å². The second kappa shape index (κ2) is 6.93. The molecule has 2 rings (SSSR count). The molecule has 7 nitrogen and oxygen atoms in total. The van der Waals surface area contributed by atoms with Crippen molar-refractivity contribution in [3.05, 3.63) is 42.5 Å². The molecular weight excluding hydrogens is 320 g/mol. The molecule has 0 radical (unpaired) electrons. The Bertz CT molecular complexity index is 712. The minimum Gasteiger partial charge on any atom is -0.480 e. The largest absolute Gasteiger partial charge is 0.480 e. The summed E-state index contributed by atoms with van der Waals surface area (Å²) < 4.78 is 26.2. The lowest BCUT2D eigenvalue weighted by molar-refractivity contribution is -0.141. The third kappa shape index (κ3) is 3.77. The lowest BCUT2D eigenvalue weighted by Crippen LogP contribution is -2.40. The monoisotopic (exact) mass is 338 g/mol. The van der Waals surface area contributed by atoms with Crippen LogP contribution in [0.2, 0.25) is 0 Å². The molecule has 1 saturated heterocycles. The molecule has 1 amide bonds. The Labute approximate surface area is 134 Å². The van der Waals surface area contributed by atoms with Crippen LogP contribution in [-0.4, -0.2) is 49.4 Å². The summed E-state index contributed by atoms with van der Waals surface area (Å²) in [7, 11) is -3.65. The molecule has 23 heavy (non-hydrogen) atoms. The average Bonchev–Trinajstić information content (AvgIpc) is 3.02. The summed E-state index contributed by atoms with van der Waals surface area (Å²) >= 11 is 0. The Kier molecular flexibility index (Phi) is 5.17. The summed E-state index contributed by atoms with van der Waals surface area (Å²) in [5.74, 6) is -1.43. The van der Waals surface area contributed by atoms with Crippen LogP contribution in [0.1, 0.15) is 23.2 Å². The predicted octanol–water partition coefficient (Wildman–Crippen LogP) is 0.840. The van der Waals surface area contributed by atoms with Crippen molar-refractivity contribution in [1.82, 2.24) is 9.62 Å². The number of sulfonamides is 1. The molecule has 0 spiro atoms. The molecule has 124 valence electrons. The SMILES string of the molecule is C=CCNS(=O)(=O)c1ccc(C(=O)N2CCCC2C(=O)O)cc1. The molecule has 0 bridgehead atoms. The van der Waals surface area contributed by atoms with E-state index in [1.54, 1.807) is 0 Å². The Morgan fingerprint density at radius 1 is 1.35 bits per heavy atom. The van der Waals surface area contributed by atoms with Crippen molar-refractivity contribution >= 4 is 21.9 Å². The predicted molar refractivity (Wildman–Crippen MR) is 83.5 cm³/mol. The molecule has 1 atom stereocenters. The average molecular weight is 338 g/mol. The number of benzene rings is 1. The van der Waals surface area contributed by atoms with E-state index in [-0.39, 0.29) is 17.0 Å². The first-order valence-electron chi connectivity index (χ1n) is 7.11. The number of carboxylic acids is 1. The smallest absolute Gasteiger partial charge is 0.326 e.